The summed E-state index contributed by atoms with van der Waals surface area (Å²) in [6.45, 7) is -0.0221. The highest BCUT2D eigenvalue weighted by Gasteiger charge is 2.45. The molecule has 3 aliphatic rings. The summed E-state index contributed by atoms with van der Waals surface area (Å²) in [5, 5.41) is 0. The standard InChI is InChI=1S/C42H26BNO2/c1-5-13-27(14-6-1)30-21-34-40-36(23-30)45-38-25-32(29-17-9-3-10-18-29)26-39-42(38)44(40)41-35(43(34)33-19-11-4-12-20-33)22-31(24-37(41)46-39)28-15-7-2-8-16-28/h1-26H. The summed E-state index contributed by atoms with van der Waals surface area (Å²) in [6, 6.07) is 55.9. The molecule has 10 rings (SSSR count). The van der Waals surface area contributed by atoms with Crippen molar-refractivity contribution in [3.63, 3.8) is 0 Å². The lowest BCUT2D eigenvalue weighted by Crippen LogP contribution is -2.58. The molecular formula is C42H26BNO2. The maximum Gasteiger partial charge on any atom is 0.247 e. The van der Waals surface area contributed by atoms with Crippen molar-refractivity contribution in [2.75, 3.05) is 4.90 Å². The van der Waals surface area contributed by atoms with Crippen LogP contribution in [0.1, 0.15) is 0 Å². The smallest absolute Gasteiger partial charge is 0.247 e. The molecule has 0 saturated carbocycles. The molecular weight excluding hydrogens is 561 g/mol. The minimum Gasteiger partial charge on any atom is -0.453 e. The van der Waals surface area contributed by atoms with Crippen molar-refractivity contribution in [2.45, 2.75) is 0 Å². The zero-order chi connectivity index (χ0) is 30.2. The molecule has 7 aromatic carbocycles. The third-order valence-corrected chi connectivity index (χ3v) is 9.44. The summed E-state index contributed by atoms with van der Waals surface area (Å²) in [5.41, 5.74) is 13.5. The summed E-state index contributed by atoms with van der Waals surface area (Å²) in [4.78, 5) is 2.41. The van der Waals surface area contributed by atoms with E-state index in [4.69, 9.17) is 9.47 Å². The van der Waals surface area contributed by atoms with Crippen LogP contribution < -0.4 is 30.8 Å². The topological polar surface area (TPSA) is 21.7 Å². The van der Waals surface area contributed by atoms with Crippen molar-refractivity contribution in [2.24, 2.45) is 0 Å². The first-order valence-electron chi connectivity index (χ1n) is 15.7. The van der Waals surface area contributed by atoms with E-state index in [9.17, 15) is 0 Å². The molecule has 0 saturated heterocycles. The Hall–Kier alpha value is -6.00. The third-order valence-electron chi connectivity index (χ3n) is 9.44. The molecule has 0 spiro atoms. The van der Waals surface area contributed by atoms with Crippen LogP contribution in [-0.4, -0.2) is 6.71 Å². The molecule has 214 valence electrons. The van der Waals surface area contributed by atoms with E-state index in [2.05, 4.69) is 157 Å². The molecule has 0 amide bonds. The van der Waals surface area contributed by atoms with E-state index in [1.165, 1.54) is 16.4 Å². The molecule has 0 atom stereocenters. The number of ether oxygens (including phenoxy) is 2. The average molecular weight is 587 g/mol. The quantitative estimate of drug-likeness (QED) is 0.192. The minimum atomic E-state index is -0.0221. The van der Waals surface area contributed by atoms with E-state index in [1.807, 2.05) is 6.07 Å². The van der Waals surface area contributed by atoms with Crippen LogP contribution in [-0.2, 0) is 0 Å². The van der Waals surface area contributed by atoms with Crippen molar-refractivity contribution >= 4 is 40.2 Å². The summed E-state index contributed by atoms with van der Waals surface area (Å²) in [6.07, 6.45) is 0. The molecule has 0 radical (unpaired) electrons. The number of benzene rings is 7. The van der Waals surface area contributed by atoms with Crippen LogP contribution in [0.25, 0.3) is 33.4 Å². The summed E-state index contributed by atoms with van der Waals surface area (Å²) in [7, 11) is 0. The maximum atomic E-state index is 6.93. The third kappa shape index (κ3) is 3.74. The SMILES string of the molecule is c1ccc(B2c3cc(-c4ccccc4)cc4c3N3c5c(cc(-c6ccccc6)cc5Oc5cc(-c6ccccc6)cc2c53)O4)cc1. The van der Waals surface area contributed by atoms with Crippen molar-refractivity contribution in [1.82, 2.24) is 0 Å². The van der Waals surface area contributed by atoms with Gasteiger partial charge in [-0.15, -0.1) is 0 Å². The van der Waals surface area contributed by atoms with Crippen molar-refractivity contribution in [3.8, 4) is 56.4 Å². The van der Waals surface area contributed by atoms with Gasteiger partial charge in [0.05, 0.1) is 11.4 Å². The highest BCUT2D eigenvalue weighted by Crippen LogP contribution is 2.61. The van der Waals surface area contributed by atoms with Gasteiger partial charge in [-0.05, 0) is 68.6 Å². The predicted octanol–water partition coefficient (Wildman–Crippen LogP) is 9.20. The van der Waals surface area contributed by atoms with E-state index in [1.54, 1.807) is 0 Å². The average Bonchev–Trinajstić information content (AvgIpc) is 3.12. The molecule has 0 N–H and O–H groups in total. The summed E-state index contributed by atoms with van der Waals surface area (Å²) >= 11 is 0. The molecule has 0 bridgehead atoms. The summed E-state index contributed by atoms with van der Waals surface area (Å²) in [5.74, 6) is 3.29. The molecule has 0 unspecified atom stereocenters. The largest absolute Gasteiger partial charge is 0.453 e. The van der Waals surface area contributed by atoms with Crippen LogP contribution in [0.4, 0.5) is 17.1 Å². The molecule has 0 aliphatic carbocycles. The van der Waals surface area contributed by atoms with Gasteiger partial charge in [0.2, 0.25) is 6.71 Å². The molecule has 46 heavy (non-hydrogen) atoms. The van der Waals surface area contributed by atoms with Gasteiger partial charge in [0.15, 0.2) is 23.0 Å². The number of nitrogens with zero attached hydrogens (tertiary/aromatic N) is 1. The Balaban J connectivity index is 1.31. The Morgan fingerprint density at radius 3 is 1.11 bits per heavy atom. The Kier molecular flexibility index (Phi) is 5.37. The Bertz CT molecular complexity index is 2180. The second kappa shape index (κ2) is 9.75. The number of hydrogen-bond acceptors (Lipinski definition) is 3. The minimum absolute atomic E-state index is 0.0221. The Morgan fingerprint density at radius 2 is 0.696 bits per heavy atom. The lowest BCUT2D eigenvalue weighted by atomic mass is 9.34. The molecule has 7 aromatic rings. The normalized spacial score (nSPS) is 13.0. The van der Waals surface area contributed by atoms with E-state index >= 15 is 0 Å². The van der Waals surface area contributed by atoms with Crippen LogP contribution in [0.5, 0.6) is 23.0 Å². The van der Waals surface area contributed by atoms with Gasteiger partial charge in [-0.25, -0.2) is 0 Å². The lowest BCUT2D eigenvalue weighted by Gasteiger charge is -2.45. The monoisotopic (exact) mass is 587 g/mol. The molecule has 3 heterocycles. The van der Waals surface area contributed by atoms with Crippen LogP contribution in [0.3, 0.4) is 0 Å². The molecule has 0 fully saturated rings. The fourth-order valence-electron chi connectivity index (χ4n) is 7.43. The molecule has 4 heteroatoms. The molecule has 3 nitrogen and oxygen atoms in total. The second-order valence-corrected chi connectivity index (χ2v) is 12.1. The fourth-order valence-corrected chi connectivity index (χ4v) is 7.43. The van der Waals surface area contributed by atoms with Gasteiger partial charge in [0.25, 0.3) is 0 Å². The van der Waals surface area contributed by atoms with Gasteiger partial charge < -0.3 is 9.47 Å². The fraction of sp³-hybridized carbons (Fsp3) is 0. The van der Waals surface area contributed by atoms with E-state index in [-0.39, 0.29) is 6.71 Å². The summed E-state index contributed by atoms with van der Waals surface area (Å²) < 4.78 is 13.9. The van der Waals surface area contributed by atoms with E-state index in [0.717, 1.165) is 73.4 Å². The van der Waals surface area contributed by atoms with Crippen LogP contribution in [0.15, 0.2) is 158 Å². The molecule has 0 aromatic heterocycles. The van der Waals surface area contributed by atoms with Crippen molar-refractivity contribution in [3.05, 3.63) is 158 Å². The Labute approximate surface area is 268 Å². The Morgan fingerprint density at radius 1 is 0.348 bits per heavy atom. The first-order valence-corrected chi connectivity index (χ1v) is 15.7. The number of anilines is 3. The van der Waals surface area contributed by atoms with Gasteiger partial charge in [0.1, 0.15) is 5.69 Å². The first kappa shape index (κ1) is 25.3. The lowest BCUT2D eigenvalue weighted by molar-refractivity contribution is 0.447. The molecule has 3 aliphatic heterocycles. The van der Waals surface area contributed by atoms with Crippen LogP contribution in [0, 0.1) is 0 Å². The zero-order valence-corrected chi connectivity index (χ0v) is 24.9. The van der Waals surface area contributed by atoms with Crippen LogP contribution >= 0.6 is 0 Å². The van der Waals surface area contributed by atoms with Gasteiger partial charge >= 0.3 is 0 Å². The number of rotatable bonds is 4. The van der Waals surface area contributed by atoms with Gasteiger partial charge in [0, 0.05) is 0 Å². The highest BCUT2D eigenvalue weighted by atomic mass is 16.5. The highest BCUT2D eigenvalue weighted by molar-refractivity contribution is 6.98. The zero-order valence-electron chi connectivity index (χ0n) is 24.9. The first-order chi connectivity index (χ1) is 22.8. The van der Waals surface area contributed by atoms with Gasteiger partial charge in [-0.2, -0.15) is 0 Å². The van der Waals surface area contributed by atoms with Crippen molar-refractivity contribution in [1.29, 1.82) is 0 Å². The van der Waals surface area contributed by atoms with Crippen LogP contribution in [0.2, 0.25) is 0 Å². The van der Waals surface area contributed by atoms with E-state index < -0.39 is 0 Å². The maximum absolute atomic E-state index is 6.93. The van der Waals surface area contributed by atoms with Gasteiger partial charge in [-0.3, -0.25) is 4.90 Å². The van der Waals surface area contributed by atoms with Gasteiger partial charge in [-0.1, -0.05) is 139 Å². The van der Waals surface area contributed by atoms with E-state index in [0.29, 0.717) is 0 Å². The second-order valence-electron chi connectivity index (χ2n) is 12.1. The van der Waals surface area contributed by atoms with Crippen molar-refractivity contribution < 1.29 is 9.47 Å². The predicted molar refractivity (Wildman–Crippen MR) is 189 cm³/mol. The number of hydrogen-bond donors (Lipinski definition) is 0.